The maximum atomic E-state index is 6.12. The van der Waals surface area contributed by atoms with Crippen LogP contribution in [-0.2, 0) is 5.41 Å². The van der Waals surface area contributed by atoms with Crippen molar-refractivity contribution in [3.63, 3.8) is 0 Å². The average Bonchev–Trinajstić information content (AvgIpc) is 3.71. The number of para-hydroxylation sites is 1. The summed E-state index contributed by atoms with van der Waals surface area (Å²) in [4.78, 5) is 10.5. The van der Waals surface area contributed by atoms with Crippen molar-refractivity contribution in [2.75, 3.05) is 0 Å². The van der Waals surface area contributed by atoms with Crippen molar-refractivity contribution in [2.24, 2.45) is 0 Å². The molecule has 10 rings (SSSR count). The Morgan fingerprint density at radius 3 is 1.94 bits per heavy atom. The second-order valence-electron chi connectivity index (χ2n) is 13.5. The monoisotopic (exact) mass is 652 g/mol. The number of benzene rings is 7. The second kappa shape index (κ2) is 11.5. The van der Waals surface area contributed by atoms with Crippen molar-refractivity contribution in [1.82, 2.24) is 9.97 Å². The van der Waals surface area contributed by atoms with E-state index in [2.05, 4.69) is 153 Å². The molecule has 1 aliphatic carbocycles. The summed E-state index contributed by atoms with van der Waals surface area (Å²) in [6, 6.07) is 62.2. The van der Waals surface area contributed by atoms with Crippen molar-refractivity contribution >= 4 is 21.9 Å². The topological polar surface area (TPSA) is 38.9 Å². The lowest BCUT2D eigenvalue weighted by atomic mass is 9.72. The summed E-state index contributed by atoms with van der Waals surface area (Å²) in [7, 11) is 0. The number of rotatable bonds is 5. The smallest absolute Gasteiger partial charge is 0.160 e. The van der Waals surface area contributed by atoms with Gasteiger partial charge in [-0.25, -0.2) is 9.97 Å². The molecule has 0 spiro atoms. The fourth-order valence-corrected chi connectivity index (χ4v) is 8.10. The van der Waals surface area contributed by atoms with E-state index >= 15 is 0 Å². The molecule has 0 N–H and O–H groups in total. The van der Waals surface area contributed by atoms with Crippen LogP contribution in [0.5, 0.6) is 0 Å². The quantitative estimate of drug-likeness (QED) is 0.186. The molecule has 3 heteroatoms. The van der Waals surface area contributed by atoms with Gasteiger partial charge in [0, 0.05) is 32.9 Å². The van der Waals surface area contributed by atoms with E-state index in [-0.39, 0.29) is 5.41 Å². The van der Waals surface area contributed by atoms with E-state index in [1.165, 1.54) is 27.8 Å². The van der Waals surface area contributed by atoms with Crippen LogP contribution in [0.15, 0.2) is 180 Å². The summed E-state index contributed by atoms with van der Waals surface area (Å²) < 4.78 is 6.12. The summed E-state index contributed by atoms with van der Waals surface area (Å²) in [5, 5.41) is 2.24. The molecule has 0 radical (unpaired) electrons. The second-order valence-corrected chi connectivity index (χ2v) is 13.5. The molecule has 0 saturated carbocycles. The van der Waals surface area contributed by atoms with Gasteiger partial charge in [-0.15, -0.1) is 0 Å². The van der Waals surface area contributed by atoms with Gasteiger partial charge in [0.1, 0.15) is 11.2 Å². The molecule has 0 bridgehead atoms. The highest BCUT2D eigenvalue weighted by atomic mass is 16.3. The van der Waals surface area contributed by atoms with Crippen molar-refractivity contribution in [1.29, 1.82) is 0 Å². The summed E-state index contributed by atoms with van der Waals surface area (Å²) in [5.74, 6) is 0.703. The van der Waals surface area contributed by atoms with Gasteiger partial charge in [-0.2, -0.15) is 0 Å². The Labute approximate surface area is 296 Å². The van der Waals surface area contributed by atoms with Crippen LogP contribution in [0.1, 0.15) is 23.6 Å². The number of hydrogen-bond acceptors (Lipinski definition) is 3. The zero-order valence-corrected chi connectivity index (χ0v) is 28.0. The third-order valence-corrected chi connectivity index (χ3v) is 10.6. The molecule has 0 fully saturated rings. The molecule has 1 unspecified atom stereocenters. The van der Waals surface area contributed by atoms with Gasteiger partial charge in [-0.3, -0.25) is 0 Å². The molecular weight excluding hydrogens is 621 g/mol. The van der Waals surface area contributed by atoms with Gasteiger partial charge in [0.15, 0.2) is 5.82 Å². The Hall–Kier alpha value is -6.58. The van der Waals surface area contributed by atoms with E-state index in [1.54, 1.807) is 0 Å². The first-order valence-corrected chi connectivity index (χ1v) is 17.4. The molecule has 0 saturated heterocycles. The van der Waals surface area contributed by atoms with Gasteiger partial charge in [0.25, 0.3) is 0 Å². The van der Waals surface area contributed by atoms with E-state index in [4.69, 9.17) is 14.4 Å². The SMILES string of the molecule is CC1(c2ccccc2)c2ccccc2-c2cccc(-c3cc(-c4cccc(-c5ccc6oc7ccccc7c6c5)c4)nc(-c4ccccc4)n3)c21. The Morgan fingerprint density at radius 2 is 1.06 bits per heavy atom. The zero-order chi connectivity index (χ0) is 33.9. The molecular formula is C48H32N2O. The fourth-order valence-electron chi connectivity index (χ4n) is 8.10. The van der Waals surface area contributed by atoms with Crippen molar-refractivity contribution in [2.45, 2.75) is 12.3 Å². The minimum absolute atomic E-state index is 0.363. The molecule has 0 aliphatic heterocycles. The first-order valence-electron chi connectivity index (χ1n) is 17.4. The van der Waals surface area contributed by atoms with Gasteiger partial charge < -0.3 is 4.42 Å². The van der Waals surface area contributed by atoms with Crippen LogP contribution >= 0.6 is 0 Å². The molecule has 9 aromatic rings. The minimum Gasteiger partial charge on any atom is -0.456 e. The summed E-state index contributed by atoms with van der Waals surface area (Å²) in [6.45, 7) is 2.36. The van der Waals surface area contributed by atoms with Crippen LogP contribution < -0.4 is 0 Å². The number of furan rings is 1. The zero-order valence-electron chi connectivity index (χ0n) is 28.0. The number of hydrogen-bond donors (Lipinski definition) is 0. The van der Waals surface area contributed by atoms with Gasteiger partial charge in [-0.05, 0) is 76.2 Å². The van der Waals surface area contributed by atoms with Crippen molar-refractivity contribution in [3.8, 4) is 56.2 Å². The molecule has 2 aromatic heterocycles. The van der Waals surface area contributed by atoms with Gasteiger partial charge in [-0.1, -0.05) is 146 Å². The van der Waals surface area contributed by atoms with Crippen LogP contribution in [0.25, 0.3) is 78.1 Å². The van der Waals surface area contributed by atoms with Gasteiger partial charge in [0.05, 0.1) is 11.4 Å². The molecule has 2 heterocycles. The molecule has 51 heavy (non-hydrogen) atoms. The van der Waals surface area contributed by atoms with E-state index in [9.17, 15) is 0 Å². The number of nitrogens with zero attached hydrogens (tertiary/aromatic N) is 2. The third-order valence-electron chi connectivity index (χ3n) is 10.6. The molecule has 7 aromatic carbocycles. The average molecular weight is 653 g/mol. The largest absolute Gasteiger partial charge is 0.456 e. The highest BCUT2D eigenvalue weighted by Crippen LogP contribution is 2.55. The lowest BCUT2D eigenvalue weighted by Gasteiger charge is -2.30. The Kier molecular flexibility index (Phi) is 6.62. The van der Waals surface area contributed by atoms with E-state index in [1.807, 2.05) is 30.3 Å². The summed E-state index contributed by atoms with van der Waals surface area (Å²) >= 11 is 0. The lowest BCUT2D eigenvalue weighted by Crippen LogP contribution is -2.23. The minimum atomic E-state index is -0.363. The summed E-state index contributed by atoms with van der Waals surface area (Å²) in [5.41, 5.74) is 15.0. The summed E-state index contributed by atoms with van der Waals surface area (Å²) in [6.07, 6.45) is 0. The van der Waals surface area contributed by atoms with Gasteiger partial charge >= 0.3 is 0 Å². The lowest BCUT2D eigenvalue weighted by molar-refractivity contribution is 0.669. The van der Waals surface area contributed by atoms with E-state index < -0.39 is 0 Å². The van der Waals surface area contributed by atoms with E-state index in [0.29, 0.717) is 5.82 Å². The van der Waals surface area contributed by atoms with Crippen LogP contribution in [0.2, 0.25) is 0 Å². The number of aromatic nitrogens is 2. The Balaban J connectivity index is 1.17. The Morgan fingerprint density at radius 1 is 0.431 bits per heavy atom. The predicted molar refractivity (Wildman–Crippen MR) is 208 cm³/mol. The fraction of sp³-hybridized carbons (Fsp3) is 0.0417. The number of fused-ring (bicyclic) bond motifs is 6. The van der Waals surface area contributed by atoms with Crippen LogP contribution in [0, 0.1) is 0 Å². The standard InChI is InChI=1S/C48H32N2O/c1-48(35-18-6-3-7-19-35)41-24-10-8-20-36(41)38-22-13-23-39(46(38)48)43-30-42(49-47(50-43)31-14-4-2-5-15-31)34-17-12-16-32(28-34)33-26-27-45-40(29-33)37-21-9-11-25-44(37)51-45/h2-30H,1H3. The first-order chi connectivity index (χ1) is 25.1. The highest BCUT2D eigenvalue weighted by Gasteiger charge is 2.42. The van der Waals surface area contributed by atoms with Crippen molar-refractivity contribution < 1.29 is 4.42 Å². The first kappa shape index (κ1) is 29.3. The highest BCUT2D eigenvalue weighted by molar-refractivity contribution is 6.06. The van der Waals surface area contributed by atoms with Gasteiger partial charge in [0.2, 0.25) is 0 Å². The normalized spacial score (nSPS) is 14.8. The molecule has 1 atom stereocenters. The molecule has 240 valence electrons. The maximum absolute atomic E-state index is 6.12. The Bertz CT molecular complexity index is 2760. The van der Waals surface area contributed by atoms with Crippen LogP contribution in [-0.4, -0.2) is 9.97 Å². The van der Waals surface area contributed by atoms with Crippen molar-refractivity contribution in [3.05, 3.63) is 193 Å². The van der Waals surface area contributed by atoms with Crippen LogP contribution in [0.4, 0.5) is 0 Å². The predicted octanol–water partition coefficient (Wildman–Crippen LogP) is 12.4. The van der Waals surface area contributed by atoms with E-state index in [0.717, 1.165) is 61.1 Å². The molecule has 3 nitrogen and oxygen atoms in total. The van der Waals surface area contributed by atoms with Crippen LogP contribution in [0.3, 0.4) is 0 Å². The third kappa shape index (κ3) is 4.66. The maximum Gasteiger partial charge on any atom is 0.160 e. The molecule has 1 aliphatic rings. The molecule has 0 amide bonds.